The zero-order valence-corrected chi connectivity index (χ0v) is 14.2. The fourth-order valence-electron chi connectivity index (χ4n) is 3.72. The van der Waals surface area contributed by atoms with Crippen LogP contribution in [0.15, 0.2) is 0 Å². The van der Waals surface area contributed by atoms with Gasteiger partial charge in [0.05, 0.1) is 6.61 Å². The molecule has 0 aromatic heterocycles. The van der Waals surface area contributed by atoms with Crippen LogP contribution in [0, 0.1) is 11.3 Å². The maximum atomic E-state index is 12.5. The maximum Gasteiger partial charge on any atom is 0.324 e. The molecule has 2 aliphatic rings. The van der Waals surface area contributed by atoms with Crippen LogP contribution in [0.4, 0.5) is 0 Å². The summed E-state index contributed by atoms with van der Waals surface area (Å²) in [4.78, 5) is 37.2. The van der Waals surface area contributed by atoms with Gasteiger partial charge < -0.3 is 14.8 Å². The van der Waals surface area contributed by atoms with Gasteiger partial charge >= 0.3 is 11.9 Å². The van der Waals surface area contributed by atoms with Gasteiger partial charge in [0.2, 0.25) is 0 Å². The van der Waals surface area contributed by atoms with E-state index in [1.807, 2.05) is 0 Å². The molecular weight excluding hydrogens is 298 g/mol. The Morgan fingerprint density at radius 1 is 1.26 bits per heavy atom. The molecule has 1 aliphatic carbocycles. The molecule has 1 aliphatic heterocycles. The van der Waals surface area contributed by atoms with Gasteiger partial charge in [-0.25, -0.2) is 0 Å². The van der Waals surface area contributed by atoms with Gasteiger partial charge in [-0.05, 0) is 26.2 Å². The van der Waals surface area contributed by atoms with E-state index in [0.29, 0.717) is 0 Å². The predicted octanol–water partition coefficient (Wildman–Crippen LogP) is 1.96. The average Bonchev–Trinajstić information content (AvgIpc) is 2.80. The minimum Gasteiger partial charge on any atom is -0.465 e. The van der Waals surface area contributed by atoms with E-state index in [9.17, 15) is 14.4 Å². The Bertz CT molecular complexity index is 472. The lowest BCUT2D eigenvalue weighted by molar-refractivity contribution is -0.166. The van der Waals surface area contributed by atoms with Gasteiger partial charge in [-0.3, -0.25) is 14.4 Å². The molecule has 2 rings (SSSR count). The van der Waals surface area contributed by atoms with E-state index in [1.54, 1.807) is 20.8 Å². The summed E-state index contributed by atoms with van der Waals surface area (Å²) in [6, 6.07) is 0.140. The average molecular weight is 325 g/mol. The Hall–Kier alpha value is -1.59. The van der Waals surface area contributed by atoms with Crippen LogP contribution < -0.4 is 5.32 Å². The first kappa shape index (κ1) is 17.8. The van der Waals surface area contributed by atoms with Crippen molar-refractivity contribution in [2.75, 3.05) is 6.61 Å². The van der Waals surface area contributed by atoms with E-state index in [4.69, 9.17) is 9.47 Å². The molecule has 2 fully saturated rings. The Morgan fingerprint density at radius 2 is 1.91 bits per heavy atom. The van der Waals surface area contributed by atoms with Gasteiger partial charge in [-0.2, -0.15) is 0 Å². The maximum absolute atomic E-state index is 12.5. The van der Waals surface area contributed by atoms with Crippen molar-refractivity contribution in [3.63, 3.8) is 0 Å². The third-order valence-electron chi connectivity index (χ3n) is 5.24. The molecule has 1 N–H and O–H groups in total. The molecule has 1 amide bonds. The first-order valence-electron chi connectivity index (χ1n) is 8.66. The van der Waals surface area contributed by atoms with E-state index in [0.717, 1.165) is 25.7 Å². The van der Waals surface area contributed by atoms with Crippen molar-refractivity contribution in [1.29, 1.82) is 0 Å². The summed E-state index contributed by atoms with van der Waals surface area (Å²) < 4.78 is 10.4. The minimum absolute atomic E-state index is 0.140. The van der Waals surface area contributed by atoms with Crippen LogP contribution in [0.25, 0.3) is 0 Å². The zero-order valence-electron chi connectivity index (χ0n) is 14.2. The van der Waals surface area contributed by atoms with Gasteiger partial charge in [0.1, 0.15) is 0 Å². The summed E-state index contributed by atoms with van der Waals surface area (Å²) in [6.07, 6.45) is 4.66. The third-order valence-corrected chi connectivity index (χ3v) is 5.24. The van der Waals surface area contributed by atoms with E-state index in [2.05, 4.69) is 5.32 Å². The first-order chi connectivity index (χ1) is 11.0. The molecular formula is C17H27NO5. The molecule has 130 valence electrons. The molecule has 0 unspecified atom stereocenters. The summed E-state index contributed by atoms with van der Waals surface area (Å²) in [6.45, 7) is 5.35. The molecule has 3 atom stereocenters. The summed E-state index contributed by atoms with van der Waals surface area (Å²) in [5, 5.41) is 2.98. The van der Waals surface area contributed by atoms with Crippen molar-refractivity contribution in [2.24, 2.45) is 11.3 Å². The number of cyclic esters (lactones) is 1. The fraction of sp³-hybridized carbons (Fsp3) is 0.824. The highest BCUT2D eigenvalue weighted by Crippen LogP contribution is 2.43. The lowest BCUT2D eigenvalue weighted by Crippen LogP contribution is -2.47. The van der Waals surface area contributed by atoms with Crippen LogP contribution in [-0.4, -0.2) is 36.6 Å². The summed E-state index contributed by atoms with van der Waals surface area (Å²) in [5.74, 6) is -2.07. The number of amides is 1. The number of carbonyl (C=O) groups is 3. The largest absolute Gasteiger partial charge is 0.465 e. The third kappa shape index (κ3) is 3.21. The van der Waals surface area contributed by atoms with Gasteiger partial charge in [0.25, 0.3) is 5.91 Å². The molecule has 1 saturated carbocycles. The second-order valence-corrected chi connectivity index (χ2v) is 6.50. The number of esters is 2. The van der Waals surface area contributed by atoms with Crippen LogP contribution in [0.5, 0.6) is 0 Å². The first-order valence-corrected chi connectivity index (χ1v) is 8.66. The van der Waals surface area contributed by atoms with Crippen LogP contribution in [0.3, 0.4) is 0 Å². The number of hydrogen-bond donors (Lipinski definition) is 1. The molecule has 23 heavy (non-hydrogen) atoms. The molecule has 0 spiro atoms. The minimum atomic E-state index is -1.37. The van der Waals surface area contributed by atoms with Crippen LogP contribution in [-0.2, 0) is 23.9 Å². The molecule has 1 heterocycles. The number of rotatable bonds is 5. The topological polar surface area (TPSA) is 81.7 Å². The second kappa shape index (κ2) is 7.32. The predicted molar refractivity (Wildman–Crippen MR) is 83.4 cm³/mol. The number of nitrogens with one attached hydrogen (secondary N) is 1. The van der Waals surface area contributed by atoms with Crippen molar-refractivity contribution < 1.29 is 23.9 Å². The molecule has 0 aromatic rings. The summed E-state index contributed by atoms with van der Waals surface area (Å²) in [7, 11) is 0. The lowest BCUT2D eigenvalue weighted by atomic mass is 9.73. The standard InChI is InChI=1S/C17H27NO5/c1-4-17(15(20)22-5-2)11(3)13(23-16(17)21)14(19)18-12-9-7-6-8-10-12/h11-13H,4-10H2,1-3H3,(H,18,19)/t11-,13-,17+/m0/s1. The van der Waals surface area contributed by atoms with Crippen molar-refractivity contribution in [1.82, 2.24) is 5.32 Å². The molecule has 0 bridgehead atoms. The number of carbonyl (C=O) groups excluding carboxylic acids is 3. The van der Waals surface area contributed by atoms with Crippen molar-refractivity contribution >= 4 is 17.8 Å². The van der Waals surface area contributed by atoms with Gasteiger partial charge in [0, 0.05) is 12.0 Å². The molecule has 0 aromatic carbocycles. The van der Waals surface area contributed by atoms with Crippen LogP contribution in [0.2, 0.25) is 0 Å². The lowest BCUT2D eigenvalue weighted by Gasteiger charge is -2.27. The monoisotopic (exact) mass is 325 g/mol. The Morgan fingerprint density at radius 3 is 2.48 bits per heavy atom. The quantitative estimate of drug-likeness (QED) is 0.617. The molecule has 6 nitrogen and oxygen atoms in total. The van der Waals surface area contributed by atoms with Crippen LogP contribution >= 0.6 is 0 Å². The Kier molecular flexibility index (Phi) is 5.65. The smallest absolute Gasteiger partial charge is 0.324 e. The number of ether oxygens (including phenoxy) is 2. The van der Waals surface area contributed by atoms with Crippen molar-refractivity contribution in [2.45, 2.75) is 71.4 Å². The van der Waals surface area contributed by atoms with Crippen molar-refractivity contribution in [3.8, 4) is 0 Å². The van der Waals surface area contributed by atoms with E-state index < -0.39 is 29.4 Å². The Labute approximate surface area is 137 Å². The highest BCUT2D eigenvalue weighted by atomic mass is 16.6. The van der Waals surface area contributed by atoms with Gasteiger partial charge in [-0.1, -0.05) is 33.1 Å². The normalized spacial score (nSPS) is 31.5. The van der Waals surface area contributed by atoms with Crippen LogP contribution in [0.1, 0.15) is 59.3 Å². The van der Waals surface area contributed by atoms with Gasteiger partial charge in [-0.15, -0.1) is 0 Å². The Balaban J connectivity index is 2.11. The van der Waals surface area contributed by atoms with Gasteiger partial charge in [0.15, 0.2) is 11.5 Å². The summed E-state index contributed by atoms with van der Waals surface area (Å²) in [5.41, 5.74) is -1.37. The second-order valence-electron chi connectivity index (χ2n) is 6.50. The molecule has 0 radical (unpaired) electrons. The van der Waals surface area contributed by atoms with E-state index in [1.165, 1.54) is 6.42 Å². The van der Waals surface area contributed by atoms with E-state index in [-0.39, 0.29) is 25.0 Å². The highest BCUT2D eigenvalue weighted by molar-refractivity contribution is 6.04. The van der Waals surface area contributed by atoms with E-state index >= 15 is 0 Å². The zero-order chi connectivity index (χ0) is 17.0. The number of hydrogen-bond acceptors (Lipinski definition) is 5. The SMILES string of the molecule is CCOC(=O)[C@]1(CC)C(=O)O[C@H](C(=O)NC2CCCCC2)[C@@H]1C. The fourth-order valence-corrected chi connectivity index (χ4v) is 3.72. The molecule has 1 saturated heterocycles. The summed E-state index contributed by atoms with van der Waals surface area (Å²) >= 11 is 0. The van der Waals surface area contributed by atoms with Crippen molar-refractivity contribution in [3.05, 3.63) is 0 Å². The molecule has 6 heteroatoms. The highest BCUT2D eigenvalue weighted by Gasteiger charge is 2.62.